The van der Waals surface area contributed by atoms with Gasteiger partial charge in [0, 0.05) is 12.6 Å². The smallest absolute Gasteiger partial charge is 0.145 e. The Morgan fingerprint density at radius 2 is 1.62 bits per heavy atom. The Kier molecular flexibility index (Phi) is 5.18. The zero-order chi connectivity index (χ0) is 16.8. The Morgan fingerprint density at radius 1 is 0.917 bits per heavy atom. The molecule has 0 saturated heterocycles. The standard InChI is InChI=1S/C20H20N2O2/c1-15(23)14-20(19-8-5-13-21-22-19)24-18-11-9-17(10-12-18)16-6-3-2-4-7-16/h2-13,15,20,23H,14H2,1H3. The minimum atomic E-state index is -0.486. The number of hydrogen-bond acceptors (Lipinski definition) is 4. The summed E-state index contributed by atoms with van der Waals surface area (Å²) in [5.41, 5.74) is 3.01. The van der Waals surface area contributed by atoms with Crippen molar-refractivity contribution in [1.82, 2.24) is 10.2 Å². The Balaban J connectivity index is 1.77. The fourth-order valence-electron chi connectivity index (χ4n) is 2.55. The number of rotatable bonds is 6. The van der Waals surface area contributed by atoms with Crippen LogP contribution in [0.1, 0.15) is 25.1 Å². The molecule has 1 N–H and O–H groups in total. The maximum absolute atomic E-state index is 9.73. The van der Waals surface area contributed by atoms with Crippen LogP contribution in [0.3, 0.4) is 0 Å². The molecule has 0 aliphatic heterocycles. The number of ether oxygens (including phenoxy) is 1. The van der Waals surface area contributed by atoms with E-state index in [-0.39, 0.29) is 6.10 Å². The van der Waals surface area contributed by atoms with E-state index in [1.807, 2.05) is 54.6 Å². The highest BCUT2D eigenvalue weighted by Crippen LogP contribution is 2.27. The molecule has 0 aliphatic rings. The lowest BCUT2D eigenvalue weighted by Crippen LogP contribution is -2.16. The molecule has 4 heteroatoms. The lowest BCUT2D eigenvalue weighted by Gasteiger charge is -2.19. The second-order valence-electron chi connectivity index (χ2n) is 5.73. The van der Waals surface area contributed by atoms with E-state index in [2.05, 4.69) is 22.3 Å². The number of nitrogens with zero attached hydrogens (tertiary/aromatic N) is 2. The van der Waals surface area contributed by atoms with Crippen molar-refractivity contribution in [3.63, 3.8) is 0 Å². The highest BCUT2D eigenvalue weighted by atomic mass is 16.5. The van der Waals surface area contributed by atoms with Crippen LogP contribution in [0.5, 0.6) is 5.75 Å². The van der Waals surface area contributed by atoms with E-state index in [1.165, 1.54) is 5.56 Å². The van der Waals surface area contributed by atoms with Gasteiger partial charge in [0.05, 0.1) is 6.10 Å². The van der Waals surface area contributed by atoms with Gasteiger partial charge in [0.1, 0.15) is 17.5 Å². The van der Waals surface area contributed by atoms with Gasteiger partial charge in [0.25, 0.3) is 0 Å². The monoisotopic (exact) mass is 320 g/mol. The van der Waals surface area contributed by atoms with Crippen LogP contribution in [0.4, 0.5) is 0 Å². The first-order valence-corrected chi connectivity index (χ1v) is 8.00. The largest absolute Gasteiger partial charge is 0.484 e. The molecule has 3 rings (SSSR count). The lowest BCUT2D eigenvalue weighted by atomic mass is 10.1. The molecular formula is C20H20N2O2. The predicted molar refractivity (Wildman–Crippen MR) is 93.6 cm³/mol. The molecule has 1 heterocycles. The molecular weight excluding hydrogens is 300 g/mol. The normalized spacial score (nSPS) is 13.2. The third-order valence-corrected chi connectivity index (χ3v) is 3.72. The van der Waals surface area contributed by atoms with Crippen LogP contribution in [0.15, 0.2) is 72.9 Å². The average molecular weight is 320 g/mol. The van der Waals surface area contributed by atoms with Gasteiger partial charge in [-0.3, -0.25) is 0 Å². The zero-order valence-corrected chi connectivity index (χ0v) is 13.5. The van der Waals surface area contributed by atoms with Crippen LogP contribution >= 0.6 is 0 Å². The van der Waals surface area contributed by atoms with Crippen molar-refractivity contribution in [3.05, 3.63) is 78.6 Å². The van der Waals surface area contributed by atoms with E-state index in [4.69, 9.17) is 4.74 Å². The van der Waals surface area contributed by atoms with E-state index in [1.54, 1.807) is 13.1 Å². The molecule has 0 aliphatic carbocycles. The first-order chi connectivity index (χ1) is 11.7. The van der Waals surface area contributed by atoms with E-state index in [9.17, 15) is 5.11 Å². The summed E-state index contributed by atoms with van der Waals surface area (Å²) in [6, 6.07) is 21.8. The van der Waals surface area contributed by atoms with Crippen molar-refractivity contribution in [2.75, 3.05) is 0 Å². The van der Waals surface area contributed by atoms with Crippen LogP contribution in [0.25, 0.3) is 11.1 Å². The molecule has 0 amide bonds. The Hall–Kier alpha value is -2.72. The van der Waals surface area contributed by atoms with Crippen molar-refractivity contribution in [2.45, 2.75) is 25.6 Å². The molecule has 4 nitrogen and oxygen atoms in total. The van der Waals surface area contributed by atoms with Crippen molar-refractivity contribution < 1.29 is 9.84 Å². The van der Waals surface area contributed by atoms with Crippen molar-refractivity contribution in [2.24, 2.45) is 0 Å². The molecule has 0 spiro atoms. The first-order valence-electron chi connectivity index (χ1n) is 8.00. The number of hydrogen-bond donors (Lipinski definition) is 1. The molecule has 0 radical (unpaired) electrons. The lowest BCUT2D eigenvalue weighted by molar-refractivity contribution is 0.103. The van der Waals surface area contributed by atoms with Gasteiger partial charge in [0.15, 0.2) is 0 Å². The summed E-state index contributed by atoms with van der Waals surface area (Å²) in [5.74, 6) is 0.742. The zero-order valence-electron chi connectivity index (χ0n) is 13.5. The second kappa shape index (κ2) is 7.70. The maximum Gasteiger partial charge on any atom is 0.145 e. The molecule has 2 unspecified atom stereocenters. The molecule has 122 valence electrons. The molecule has 1 aromatic heterocycles. The van der Waals surface area contributed by atoms with Crippen molar-refractivity contribution >= 4 is 0 Å². The van der Waals surface area contributed by atoms with Gasteiger partial charge < -0.3 is 9.84 Å². The summed E-state index contributed by atoms with van der Waals surface area (Å²) in [4.78, 5) is 0. The quantitative estimate of drug-likeness (QED) is 0.745. The van der Waals surface area contributed by atoms with E-state index >= 15 is 0 Å². The van der Waals surface area contributed by atoms with Crippen molar-refractivity contribution in [3.8, 4) is 16.9 Å². The molecule has 24 heavy (non-hydrogen) atoms. The molecule has 0 saturated carbocycles. The van der Waals surface area contributed by atoms with Crippen LogP contribution in [0.2, 0.25) is 0 Å². The topological polar surface area (TPSA) is 55.2 Å². The second-order valence-corrected chi connectivity index (χ2v) is 5.73. The Bertz CT molecular complexity index is 744. The molecule has 0 bridgehead atoms. The fourth-order valence-corrected chi connectivity index (χ4v) is 2.55. The predicted octanol–water partition coefficient (Wildman–Crippen LogP) is 4.03. The third-order valence-electron chi connectivity index (χ3n) is 3.72. The van der Waals surface area contributed by atoms with E-state index in [0.29, 0.717) is 12.1 Å². The average Bonchev–Trinajstić information content (AvgIpc) is 2.63. The van der Waals surface area contributed by atoms with Crippen LogP contribution in [-0.2, 0) is 0 Å². The molecule has 2 atom stereocenters. The summed E-state index contributed by atoms with van der Waals surface area (Å²) < 4.78 is 6.04. The minimum absolute atomic E-state index is 0.332. The van der Waals surface area contributed by atoms with Gasteiger partial charge in [-0.2, -0.15) is 10.2 Å². The summed E-state index contributed by atoms with van der Waals surface area (Å²) in [7, 11) is 0. The number of aliphatic hydroxyl groups is 1. The van der Waals surface area contributed by atoms with E-state index < -0.39 is 6.10 Å². The van der Waals surface area contributed by atoms with Gasteiger partial charge in [0.2, 0.25) is 0 Å². The summed E-state index contributed by atoms with van der Waals surface area (Å²) >= 11 is 0. The highest BCUT2D eigenvalue weighted by Gasteiger charge is 2.18. The van der Waals surface area contributed by atoms with Crippen LogP contribution in [-0.4, -0.2) is 21.4 Å². The van der Waals surface area contributed by atoms with Crippen molar-refractivity contribution in [1.29, 1.82) is 0 Å². The summed E-state index contributed by atoms with van der Waals surface area (Å²) in [6.45, 7) is 1.74. The first kappa shape index (κ1) is 16.1. The Labute approximate surface area is 141 Å². The summed E-state index contributed by atoms with van der Waals surface area (Å²) in [6.07, 6.45) is 1.26. The SMILES string of the molecule is CC(O)CC(Oc1ccc(-c2ccccc2)cc1)c1cccnn1. The third kappa shape index (κ3) is 4.18. The number of aliphatic hydroxyl groups excluding tert-OH is 1. The molecule has 0 fully saturated rings. The maximum atomic E-state index is 9.73. The van der Waals surface area contributed by atoms with Crippen LogP contribution < -0.4 is 4.74 Å². The van der Waals surface area contributed by atoms with E-state index in [0.717, 1.165) is 11.3 Å². The highest BCUT2D eigenvalue weighted by molar-refractivity contribution is 5.63. The molecule has 2 aromatic carbocycles. The van der Waals surface area contributed by atoms with Gasteiger partial charge in [-0.15, -0.1) is 0 Å². The fraction of sp³-hybridized carbons (Fsp3) is 0.200. The van der Waals surface area contributed by atoms with Crippen LogP contribution in [0, 0.1) is 0 Å². The van der Waals surface area contributed by atoms with Gasteiger partial charge in [-0.05, 0) is 42.3 Å². The number of aromatic nitrogens is 2. The minimum Gasteiger partial charge on any atom is -0.484 e. The Morgan fingerprint density at radius 3 is 2.25 bits per heavy atom. The summed E-state index contributed by atoms with van der Waals surface area (Å²) in [5, 5.41) is 17.7. The van der Waals surface area contributed by atoms with Gasteiger partial charge >= 0.3 is 0 Å². The molecule has 3 aromatic rings. The van der Waals surface area contributed by atoms with Gasteiger partial charge in [-0.1, -0.05) is 42.5 Å². The number of benzene rings is 2. The van der Waals surface area contributed by atoms with Gasteiger partial charge in [-0.25, -0.2) is 0 Å².